The van der Waals surface area contributed by atoms with E-state index < -0.39 is 36.0 Å². The van der Waals surface area contributed by atoms with Crippen LogP contribution in [0.5, 0.6) is 0 Å². The second-order valence-corrected chi connectivity index (χ2v) is 3.20. The Morgan fingerprint density at radius 3 is 2.18 bits per heavy atom. The minimum atomic E-state index is -4.73. The molecule has 7 heteroatoms. The number of hydrogen-bond acceptors (Lipinski definition) is 2. The average Bonchev–Trinajstić information content (AvgIpc) is 2.20. The SMILES string of the molecule is N#CC(CNc1c(F)cccc1F)C(F)(F)F. The summed E-state index contributed by atoms with van der Waals surface area (Å²) in [5, 5.41) is 10.2. The third-order valence-corrected chi connectivity index (χ3v) is 2.00. The number of nitrogens with zero attached hydrogens (tertiary/aromatic N) is 1. The number of halogens is 5. The molecule has 0 saturated heterocycles. The van der Waals surface area contributed by atoms with Crippen LogP contribution in [0.1, 0.15) is 0 Å². The van der Waals surface area contributed by atoms with Crippen LogP contribution in [0, 0.1) is 28.9 Å². The van der Waals surface area contributed by atoms with Crippen LogP contribution in [0.2, 0.25) is 0 Å². The number of nitriles is 1. The van der Waals surface area contributed by atoms with Crippen LogP contribution in [0.15, 0.2) is 18.2 Å². The second-order valence-electron chi connectivity index (χ2n) is 3.20. The number of alkyl halides is 3. The highest BCUT2D eigenvalue weighted by Gasteiger charge is 2.39. The van der Waals surface area contributed by atoms with Crippen LogP contribution in [0.3, 0.4) is 0 Å². The van der Waals surface area contributed by atoms with E-state index in [2.05, 4.69) is 0 Å². The van der Waals surface area contributed by atoms with Crippen molar-refractivity contribution in [3.8, 4) is 6.07 Å². The van der Waals surface area contributed by atoms with Crippen LogP contribution in [0.4, 0.5) is 27.6 Å². The third kappa shape index (κ3) is 3.31. The highest BCUT2D eigenvalue weighted by Crippen LogP contribution is 2.27. The first kappa shape index (κ1) is 13.2. The molecule has 0 aliphatic carbocycles. The molecule has 1 aromatic carbocycles. The van der Waals surface area contributed by atoms with Crippen molar-refractivity contribution in [2.45, 2.75) is 6.18 Å². The minimum absolute atomic E-state index is 0.669. The van der Waals surface area contributed by atoms with Crippen LogP contribution in [-0.2, 0) is 0 Å². The van der Waals surface area contributed by atoms with Gasteiger partial charge in [-0.15, -0.1) is 0 Å². The molecule has 0 spiro atoms. The summed E-state index contributed by atoms with van der Waals surface area (Å²) in [6, 6.07) is 3.91. The second kappa shape index (κ2) is 4.99. The first-order valence-corrected chi connectivity index (χ1v) is 4.50. The van der Waals surface area contributed by atoms with Gasteiger partial charge in [-0.2, -0.15) is 18.4 Å². The molecule has 0 bridgehead atoms. The molecule has 1 aromatic rings. The minimum Gasteiger partial charge on any atom is -0.379 e. The van der Waals surface area contributed by atoms with Gasteiger partial charge in [-0.05, 0) is 12.1 Å². The normalized spacial score (nSPS) is 12.9. The maximum absolute atomic E-state index is 13.0. The highest BCUT2D eigenvalue weighted by atomic mass is 19.4. The zero-order valence-corrected chi connectivity index (χ0v) is 8.35. The van der Waals surface area contributed by atoms with E-state index in [1.54, 1.807) is 0 Å². The molecule has 0 aliphatic rings. The Kier molecular flexibility index (Phi) is 3.89. The fourth-order valence-corrected chi connectivity index (χ4v) is 1.11. The van der Waals surface area contributed by atoms with Gasteiger partial charge in [0.05, 0.1) is 6.07 Å². The fourth-order valence-electron chi connectivity index (χ4n) is 1.11. The Morgan fingerprint density at radius 2 is 1.76 bits per heavy atom. The molecule has 0 aromatic heterocycles. The monoisotopic (exact) mass is 250 g/mol. The number of benzene rings is 1. The fraction of sp³-hybridized carbons (Fsp3) is 0.300. The summed E-state index contributed by atoms with van der Waals surface area (Å²) in [6.07, 6.45) is -4.73. The lowest BCUT2D eigenvalue weighted by molar-refractivity contribution is -0.155. The first-order chi connectivity index (χ1) is 7.86. The van der Waals surface area contributed by atoms with Gasteiger partial charge < -0.3 is 5.32 Å². The Hall–Kier alpha value is -1.84. The van der Waals surface area contributed by atoms with E-state index in [4.69, 9.17) is 5.26 Å². The van der Waals surface area contributed by atoms with Crippen LogP contribution in [0.25, 0.3) is 0 Å². The van der Waals surface area contributed by atoms with E-state index in [1.165, 1.54) is 0 Å². The van der Waals surface area contributed by atoms with Gasteiger partial charge in [0.1, 0.15) is 17.3 Å². The van der Waals surface area contributed by atoms with E-state index in [0.29, 0.717) is 0 Å². The van der Waals surface area contributed by atoms with E-state index in [9.17, 15) is 22.0 Å². The third-order valence-electron chi connectivity index (χ3n) is 2.00. The topological polar surface area (TPSA) is 35.8 Å². The summed E-state index contributed by atoms with van der Waals surface area (Å²) in [4.78, 5) is 0. The van der Waals surface area contributed by atoms with E-state index in [-0.39, 0.29) is 0 Å². The van der Waals surface area contributed by atoms with E-state index >= 15 is 0 Å². The summed E-state index contributed by atoms with van der Waals surface area (Å²) in [5.41, 5.74) is -0.669. The number of nitrogens with one attached hydrogen (secondary N) is 1. The molecule has 0 fully saturated rings. The van der Waals surface area contributed by atoms with Gasteiger partial charge in [-0.3, -0.25) is 0 Å². The Bertz CT molecular complexity index is 415. The van der Waals surface area contributed by atoms with Crippen LogP contribution in [-0.4, -0.2) is 12.7 Å². The van der Waals surface area contributed by atoms with Crippen LogP contribution < -0.4 is 5.32 Å². The molecule has 92 valence electrons. The van der Waals surface area contributed by atoms with Crippen molar-refractivity contribution in [3.63, 3.8) is 0 Å². The number of hydrogen-bond donors (Lipinski definition) is 1. The largest absolute Gasteiger partial charge is 0.406 e. The van der Waals surface area contributed by atoms with Gasteiger partial charge in [-0.25, -0.2) is 8.78 Å². The molecule has 1 rings (SSSR count). The Morgan fingerprint density at radius 1 is 1.24 bits per heavy atom. The average molecular weight is 250 g/mol. The lowest BCUT2D eigenvalue weighted by Gasteiger charge is -2.15. The molecule has 1 N–H and O–H groups in total. The molecular formula is C10H7F5N2. The molecule has 0 amide bonds. The zero-order chi connectivity index (χ0) is 13.1. The molecule has 1 atom stereocenters. The summed E-state index contributed by atoms with van der Waals surface area (Å²) in [7, 11) is 0. The molecule has 0 saturated carbocycles. The molecular weight excluding hydrogens is 243 g/mol. The first-order valence-electron chi connectivity index (χ1n) is 4.50. The smallest absolute Gasteiger partial charge is 0.379 e. The number of para-hydroxylation sites is 1. The van der Waals surface area contributed by atoms with Crippen molar-refractivity contribution in [2.75, 3.05) is 11.9 Å². The summed E-state index contributed by atoms with van der Waals surface area (Å²) >= 11 is 0. The van der Waals surface area contributed by atoms with Crippen molar-refractivity contribution in [2.24, 2.45) is 5.92 Å². The van der Waals surface area contributed by atoms with Gasteiger partial charge in [-0.1, -0.05) is 6.07 Å². The maximum Gasteiger partial charge on any atom is 0.406 e. The van der Waals surface area contributed by atoms with Crippen molar-refractivity contribution >= 4 is 5.69 Å². The van der Waals surface area contributed by atoms with Gasteiger partial charge in [0.2, 0.25) is 0 Å². The highest BCUT2D eigenvalue weighted by molar-refractivity contribution is 5.46. The van der Waals surface area contributed by atoms with Crippen molar-refractivity contribution in [3.05, 3.63) is 29.8 Å². The van der Waals surface area contributed by atoms with Crippen LogP contribution >= 0.6 is 0 Å². The molecule has 2 nitrogen and oxygen atoms in total. The summed E-state index contributed by atoms with van der Waals surface area (Å²) < 4.78 is 62.6. The summed E-state index contributed by atoms with van der Waals surface area (Å²) in [6.45, 7) is -0.905. The van der Waals surface area contributed by atoms with Gasteiger partial charge in [0, 0.05) is 6.54 Å². The van der Waals surface area contributed by atoms with Gasteiger partial charge >= 0.3 is 6.18 Å². The molecule has 17 heavy (non-hydrogen) atoms. The molecule has 0 radical (unpaired) electrons. The van der Waals surface area contributed by atoms with Gasteiger partial charge in [0.25, 0.3) is 0 Å². The number of anilines is 1. The maximum atomic E-state index is 13.0. The molecule has 0 aliphatic heterocycles. The predicted molar refractivity (Wildman–Crippen MR) is 50.0 cm³/mol. The zero-order valence-electron chi connectivity index (χ0n) is 8.35. The lowest BCUT2D eigenvalue weighted by Crippen LogP contribution is -2.28. The molecule has 1 unspecified atom stereocenters. The Labute approximate surface area is 93.7 Å². The van der Waals surface area contributed by atoms with E-state index in [0.717, 1.165) is 24.3 Å². The van der Waals surface area contributed by atoms with Crippen molar-refractivity contribution in [1.82, 2.24) is 0 Å². The van der Waals surface area contributed by atoms with Crippen molar-refractivity contribution in [1.29, 1.82) is 5.26 Å². The quantitative estimate of drug-likeness (QED) is 0.837. The molecule has 0 heterocycles. The summed E-state index contributed by atoms with van der Waals surface area (Å²) in [5.74, 6) is -4.34. The number of rotatable bonds is 3. The standard InChI is InChI=1S/C10H7F5N2/c11-7-2-1-3-8(12)9(7)17-5-6(4-16)10(13,14)15/h1-3,6,17H,5H2. The predicted octanol–water partition coefficient (Wildman–Crippen LogP) is 3.08. The lowest BCUT2D eigenvalue weighted by atomic mass is 10.1. The van der Waals surface area contributed by atoms with Gasteiger partial charge in [0.15, 0.2) is 5.92 Å². The Balaban J connectivity index is 2.78. The van der Waals surface area contributed by atoms with Crippen molar-refractivity contribution < 1.29 is 22.0 Å². The van der Waals surface area contributed by atoms with E-state index in [1.807, 2.05) is 5.32 Å².